The first-order chi connectivity index (χ1) is 10.4. The van der Waals surface area contributed by atoms with E-state index < -0.39 is 10.0 Å². The van der Waals surface area contributed by atoms with Crippen molar-refractivity contribution in [1.82, 2.24) is 9.21 Å². The molecule has 0 saturated carbocycles. The Morgan fingerprint density at radius 2 is 1.91 bits per heavy atom. The third-order valence-corrected chi connectivity index (χ3v) is 6.97. The third kappa shape index (κ3) is 3.16. The van der Waals surface area contributed by atoms with Gasteiger partial charge in [0.05, 0.1) is 23.9 Å². The summed E-state index contributed by atoms with van der Waals surface area (Å²) in [4.78, 5) is 14.5. The Balaban J connectivity index is 1.68. The summed E-state index contributed by atoms with van der Waals surface area (Å²) in [7, 11) is -3.25. The van der Waals surface area contributed by atoms with Crippen LogP contribution >= 0.6 is 0 Å². The number of hydrogen-bond donors (Lipinski definition) is 0. The Labute approximate surface area is 132 Å². The van der Waals surface area contributed by atoms with E-state index in [-0.39, 0.29) is 35.7 Å². The minimum atomic E-state index is -3.25. The fourth-order valence-corrected chi connectivity index (χ4v) is 5.63. The van der Waals surface area contributed by atoms with Crippen molar-refractivity contribution in [3.63, 3.8) is 0 Å². The number of amides is 1. The molecule has 0 aliphatic carbocycles. The van der Waals surface area contributed by atoms with E-state index in [0.717, 1.165) is 25.9 Å². The maximum Gasteiger partial charge on any atom is 0.228 e. The highest BCUT2D eigenvalue weighted by Gasteiger charge is 2.48. The van der Waals surface area contributed by atoms with Crippen LogP contribution in [0.2, 0.25) is 0 Å². The zero-order valence-corrected chi connectivity index (χ0v) is 14.2. The van der Waals surface area contributed by atoms with Gasteiger partial charge in [-0.3, -0.25) is 4.79 Å². The Morgan fingerprint density at radius 3 is 2.55 bits per heavy atom. The Bertz CT molecular complexity index is 528. The second kappa shape index (κ2) is 6.09. The topological polar surface area (TPSA) is 66.9 Å². The molecule has 3 aliphatic rings. The fourth-order valence-electron chi connectivity index (χ4n) is 3.81. The van der Waals surface area contributed by atoms with Crippen molar-refractivity contribution >= 4 is 15.9 Å². The van der Waals surface area contributed by atoms with Crippen LogP contribution in [0.5, 0.6) is 0 Å². The van der Waals surface area contributed by atoms with Crippen LogP contribution in [0.1, 0.15) is 33.1 Å². The SMILES string of the molecule is CC(C)CS(=O)(=O)N1C[C@@H]2C[C@@H](C(=O)N3CCCC3)[C@H](C1)O2. The van der Waals surface area contributed by atoms with Crippen LogP contribution in [0.4, 0.5) is 0 Å². The van der Waals surface area contributed by atoms with Crippen LogP contribution in [-0.2, 0) is 19.6 Å². The predicted molar refractivity (Wildman–Crippen MR) is 82.8 cm³/mol. The van der Waals surface area contributed by atoms with Gasteiger partial charge in [0.25, 0.3) is 0 Å². The first kappa shape index (κ1) is 16.2. The summed E-state index contributed by atoms with van der Waals surface area (Å²) < 4.78 is 32.3. The lowest BCUT2D eigenvalue weighted by Crippen LogP contribution is -2.49. The maximum atomic E-state index is 12.6. The van der Waals surface area contributed by atoms with E-state index in [0.29, 0.717) is 19.5 Å². The van der Waals surface area contributed by atoms with Gasteiger partial charge in [0.2, 0.25) is 15.9 Å². The van der Waals surface area contributed by atoms with Gasteiger partial charge < -0.3 is 9.64 Å². The van der Waals surface area contributed by atoms with Crippen LogP contribution in [0, 0.1) is 11.8 Å². The smallest absolute Gasteiger partial charge is 0.228 e. The highest BCUT2D eigenvalue weighted by molar-refractivity contribution is 7.89. The molecule has 2 bridgehead atoms. The van der Waals surface area contributed by atoms with Crippen LogP contribution < -0.4 is 0 Å². The zero-order chi connectivity index (χ0) is 15.9. The van der Waals surface area contributed by atoms with Crippen molar-refractivity contribution < 1.29 is 17.9 Å². The lowest BCUT2D eigenvalue weighted by molar-refractivity contribution is -0.136. The van der Waals surface area contributed by atoms with E-state index in [9.17, 15) is 13.2 Å². The molecule has 0 aromatic carbocycles. The molecule has 3 fully saturated rings. The summed E-state index contributed by atoms with van der Waals surface area (Å²) in [6, 6.07) is 0. The van der Waals surface area contributed by atoms with Gasteiger partial charge in [-0.25, -0.2) is 8.42 Å². The van der Waals surface area contributed by atoms with Crippen LogP contribution in [0.3, 0.4) is 0 Å². The average molecular weight is 330 g/mol. The zero-order valence-electron chi connectivity index (χ0n) is 13.4. The average Bonchev–Trinajstić information content (AvgIpc) is 3.04. The molecule has 0 N–H and O–H groups in total. The van der Waals surface area contributed by atoms with Gasteiger partial charge in [0.1, 0.15) is 0 Å². The lowest BCUT2D eigenvalue weighted by atomic mass is 9.99. The number of hydrogen-bond acceptors (Lipinski definition) is 4. The Hall–Kier alpha value is -0.660. The maximum absolute atomic E-state index is 12.6. The molecular weight excluding hydrogens is 304 g/mol. The standard InChI is InChI=1S/C15H26N2O4S/c1-11(2)10-22(19,20)17-8-12-7-13(14(9-17)21-12)15(18)16-5-3-4-6-16/h11-14H,3-10H2,1-2H3/t12-,13+,14-/m0/s1. The molecule has 3 rings (SSSR count). The van der Waals surface area contributed by atoms with Crippen molar-refractivity contribution in [2.24, 2.45) is 11.8 Å². The minimum absolute atomic E-state index is 0.104. The molecule has 22 heavy (non-hydrogen) atoms. The van der Waals surface area contributed by atoms with Gasteiger partial charge in [-0.2, -0.15) is 4.31 Å². The summed E-state index contributed by atoms with van der Waals surface area (Å²) in [6.45, 7) is 6.22. The van der Waals surface area contributed by atoms with Gasteiger partial charge in [0.15, 0.2) is 0 Å². The predicted octanol–water partition coefficient (Wildman–Crippen LogP) is 0.684. The summed E-state index contributed by atoms with van der Waals surface area (Å²) in [5.74, 6) is 0.264. The quantitative estimate of drug-likeness (QED) is 0.760. The Kier molecular flexibility index (Phi) is 4.49. The molecule has 0 aromatic heterocycles. The molecule has 0 radical (unpaired) electrons. The van der Waals surface area contributed by atoms with E-state index in [2.05, 4.69) is 0 Å². The molecule has 1 amide bonds. The number of fused-ring (bicyclic) bond motifs is 2. The van der Waals surface area contributed by atoms with Crippen LogP contribution in [0.15, 0.2) is 0 Å². The van der Waals surface area contributed by atoms with Gasteiger partial charge in [-0.05, 0) is 25.2 Å². The van der Waals surface area contributed by atoms with Crippen molar-refractivity contribution in [1.29, 1.82) is 0 Å². The molecule has 3 aliphatic heterocycles. The van der Waals surface area contributed by atoms with E-state index in [1.165, 1.54) is 0 Å². The highest BCUT2D eigenvalue weighted by Crippen LogP contribution is 2.35. The van der Waals surface area contributed by atoms with E-state index >= 15 is 0 Å². The molecule has 3 heterocycles. The number of rotatable bonds is 4. The van der Waals surface area contributed by atoms with Gasteiger partial charge in [-0.1, -0.05) is 13.8 Å². The van der Waals surface area contributed by atoms with Gasteiger partial charge in [-0.15, -0.1) is 0 Å². The normalized spacial score (nSPS) is 32.9. The second-order valence-electron chi connectivity index (χ2n) is 7.16. The van der Waals surface area contributed by atoms with Crippen LogP contribution in [-0.4, -0.2) is 67.7 Å². The number of likely N-dealkylation sites (tertiary alicyclic amines) is 1. The van der Waals surface area contributed by atoms with Crippen LogP contribution in [0.25, 0.3) is 0 Å². The minimum Gasteiger partial charge on any atom is -0.371 e. The first-order valence-corrected chi connectivity index (χ1v) is 9.90. The molecule has 0 spiro atoms. The fraction of sp³-hybridized carbons (Fsp3) is 0.933. The number of carbonyl (C=O) groups is 1. The molecule has 3 atom stereocenters. The van der Waals surface area contributed by atoms with Crippen molar-refractivity contribution in [3.8, 4) is 0 Å². The molecule has 0 aromatic rings. The molecule has 3 saturated heterocycles. The van der Waals surface area contributed by atoms with Crippen molar-refractivity contribution in [2.75, 3.05) is 31.9 Å². The molecule has 0 unspecified atom stereocenters. The van der Waals surface area contributed by atoms with Crippen molar-refractivity contribution in [2.45, 2.75) is 45.3 Å². The molecule has 7 heteroatoms. The third-order valence-electron chi connectivity index (χ3n) is 4.80. The second-order valence-corrected chi connectivity index (χ2v) is 9.17. The number of ether oxygens (including phenoxy) is 1. The van der Waals surface area contributed by atoms with E-state index in [1.807, 2.05) is 18.7 Å². The number of sulfonamides is 1. The number of morpholine rings is 1. The number of carbonyl (C=O) groups excluding carboxylic acids is 1. The highest BCUT2D eigenvalue weighted by atomic mass is 32.2. The number of nitrogens with zero attached hydrogens (tertiary/aromatic N) is 2. The Morgan fingerprint density at radius 1 is 1.23 bits per heavy atom. The molecular formula is C15H26N2O4S. The van der Waals surface area contributed by atoms with Gasteiger partial charge >= 0.3 is 0 Å². The molecule has 126 valence electrons. The molecule has 6 nitrogen and oxygen atoms in total. The summed E-state index contributed by atoms with van der Waals surface area (Å²) in [6.07, 6.45) is 2.41. The van der Waals surface area contributed by atoms with E-state index in [4.69, 9.17) is 4.74 Å². The van der Waals surface area contributed by atoms with Gasteiger partial charge in [0, 0.05) is 26.2 Å². The monoisotopic (exact) mass is 330 g/mol. The first-order valence-electron chi connectivity index (χ1n) is 8.29. The summed E-state index contributed by atoms with van der Waals surface area (Å²) >= 11 is 0. The largest absolute Gasteiger partial charge is 0.371 e. The summed E-state index contributed by atoms with van der Waals surface area (Å²) in [5, 5.41) is 0. The summed E-state index contributed by atoms with van der Waals surface area (Å²) in [5.41, 5.74) is 0. The van der Waals surface area contributed by atoms with Crippen molar-refractivity contribution in [3.05, 3.63) is 0 Å². The lowest BCUT2D eigenvalue weighted by Gasteiger charge is -2.32. The van der Waals surface area contributed by atoms with E-state index in [1.54, 1.807) is 4.31 Å².